The molecular formula is C23H23N5O. The van der Waals surface area contributed by atoms with E-state index in [0.29, 0.717) is 12.3 Å². The van der Waals surface area contributed by atoms with E-state index < -0.39 is 5.41 Å². The van der Waals surface area contributed by atoms with Crippen molar-refractivity contribution in [2.75, 3.05) is 7.11 Å². The fourth-order valence-electron chi connectivity index (χ4n) is 4.29. The Morgan fingerprint density at radius 1 is 1.10 bits per heavy atom. The van der Waals surface area contributed by atoms with Crippen LogP contribution in [0, 0.1) is 5.92 Å². The normalized spacial score (nSPS) is 18.2. The lowest BCUT2D eigenvalue weighted by Gasteiger charge is -2.32. The zero-order chi connectivity index (χ0) is 19.7. The molecule has 1 fully saturated rings. The van der Waals surface area contributed by atoms with Crippen molar-refractivity contribution in [1.82, 2.24) is 20.2 Å². The monoisotopic (exact) mass is 385 g/mol. The highest BCUT2D eigenvalue weighted by Crippen LogP contribution is 2.41. The molecule has 2 aliphatic carbocycles. The number of nitrogens with zero attached hydrogens (tertiary/aromatic N) is 4. The van der Waals surface area contributed by atoms with Crippen LogP contribution in [0.15, 0.2) is 60.0 Å². The molecule has 1 N–H and O–H groups in total. The van der Waals surface area contributed by atoms with Crippen molar-refractivity contribution < 1.29 is 4.84 Å². The molecule has 0 aromatic carbocycles. The highest BCUT2D eigenvalue weighted by atomic mass is 16.6. The Kier molecular flexibility index (Phi) is 4.46. The van der Waals surface area contributed by atoms with Gasteiger partial charge < -0.3 is 4.84 Å². The van der Waals surface area contributed by atoms with Crippen LogP contribution in [0.1, 0.15) is 47.6 Å². The molecule has 2 aliphatic rings. The van der Waals surface area contributed by atoms with Gasteiger partial charge in [-0.3, -0.25) is 15.1 Å². The maximum absolute atomic E-state index is 5.15. The summed E-state index contributed by atoms with van der Waals surface area (Å²) in [7, 11) is 1.60. The number of rotatable bonds is 5. The summed E-state index contributed by atoms with van der Waals surface area (Å²) >= 11 is 0. The van der Waals surface area contributed by atoms with Crippen molar-refractivity contribution >= 4 is 11.8 Å². The van der Waals surface area contributed by atoms with E-state index >= 15 is 0 Å². The largest absolute Gasteiger partial charge is 0.399 e. The van der Waals surface area contributed by atoms with Gasteiger partial charge in [0.05, 0.1) is 16.8 Å². The molecule has 3 heterocycles. The Morgan fingerprint density at radius 2 is 1.83 bits per heavy atom. The summed E-state index contributed by atoms with van der Waals surface area (Å²) < 4.78 is 0. The number of hydrogen-bond donors (Lipinski definition) is 1. The third-order valence-corrected chi connectivity index (χ3v) is 6.04. The molecule has 0 saturated heterocycles. The van der Waals surface area contributed by atoms with Crippen molar-refractivity contribution in [3.05, 3.63) is 83.2 Å². The molecule has 146 valence electrons. The van der Waals surface area contributed by atoms with E-state index in [2.05, 4.69) is 49.6 Å². The van der Waals surface area contributed by atoms with Crippen molar-refractivity contribution in [3.63, 3.8) is 0 Å². The van der Waals surface area contributed by atoms with Crippen molar-refractivity contribution in [2.24, 2.45) is 11.1 Å². The minimum absolute atomic E-state index is 0.425. The second kappa shape index (κ2) is 7.28. The molecule has 0 spiro atoms. The predicted molar refractivity (Wildman–Crippen MR) is 111 cm³/mol. The van der Waals surface area contributed by atoms with Crippen LogP contribution in [0.5, 0.6) is 0 Å². The lowest BCUT2D eigenvalue weighted by atomic mass is 9.72. The van der Waals surface area contributed by atoms with Gasteiger partial charge in [0.15, 0.2) is 0 Å². The average Bonchev–Trinajstić information content (AvgIpc) is 3.16. The Morgan fingerprint density at radius 3 is 2.38 bits per heavy atom. The van der Waals surface area contributed by atoms with Crippen LogP contribution in [0.2, 0.25) is 0 Å². The van der Waals surface area contributed by atoms with Crippen LogP contribution >= 0.6 is 0 Å². The quantitative estimate of drug-likeness (QED) is 0.534. The third-order valence-electron chi connectivity index (χ3n) is 6.04. The van der Waals surface area contributed by atoms with Crippen LogP contribution in [0.3, 0.4) is 0 Å². The summed E-state index contributed by atoms with van der Waals surface area (Å²) in [4.78, 5) is 14.5. The fraction of sp³-hybridized carbons (Fsp3) is 0.304. The van der Waals surface area contributed by atoms with E-state index in [1.165, 1.54) is 6.42 Å². The number of allylic oxidation sites excluding steroid dienone is 1. The molecule has 0 unspecified atom stereocenters. The number of aromatic amines is 1. The summed E-state index contributed by atoms with van der Waals surface area (Å²) in [5.41, 5.74) is 5.52. The summed E-state index contributed by atoms with van der Waals surface area (Å²) in [6, 6.07) is 12.0. The molecule has 3 aromatic heterocycles. The van der Waals surface area contributed by atoms with Crippen LogP contribution in [-0.2, 0) is 16.7 Å². The Balaban J connectivity index is 1.60. The first-order valence-corrected chi connectivity index (χ1v) is 10.0. The number of aromatic nitrogens is 4. The van der Waals surface area contributed by atoms with Gasteiger partial charge in [0.25, 0.3) is 0 Å². The first kappa shape index (κ1) is 17.8. The molecule has 6 nitrogen and oxygen atoms in total. The second-order valence-corrected chi connectivity index (χ2v) is 7.66. The van der Waals surface area contributed by atoms with E-state index in [0.717, 1.165) is 46.9 Å². The highest BCUT2D eigenvalue weighted by molar-refractivity contribution is 6.04. The van der Waals surface area contributed by atoms with Crippen LogP contribution in [0.25, 0.3) is 6.08 Å². The molecule has 0 aliphatic heterocycles. The minimum Gasteiger partial charge on any atom is -0.399 e. The third kappa shape index (κ3) is 2.95. The zero-order valence-electron chi connectivity index (χ0n) is 16.4. The molecule has 0 amide bonds. The van der Waals surface area contributed by atoms with E-state index in [-0.39, 0.29) is 0 Å². The van der Waals surface area contributed by atoms with Gasteiger partial charge in [-0.2, -0.15) is 5.10 Å². The number of pyridine rings is 2. The fourth-order valence-corrected chi connectivity index (χ4v) is 4.29. The van der Waals surface area contributed by atoms with Gasteiger partial charge in [-0.1, -0.05) is 35.9 Å². The topological polar surface area (TPSA) is 76.1 Å². The van der Waals surface area contributed by atoms with Crippen molar-refractivity contribution in [1.29, 1.82) is 0 Å². The number of H-pyrrole nitrogens is 1. The van der Waals surface area contributed by atoms with E-state index in [4.69, 9.17) is 4.84 Å². The minimum atomic E-state index is -0.436. The number of nitrogens with one attached hydrogen (secondary N) is 1. The molecule has 3 aromatic rings. The molecule has 0 bridgehead atoms. The molecule has 29 heavy (non-hydrogen) atoms. The summed E-state index contributed by atoms with van der Waals surface area (Å²) in [5.74, 6) is 0.425. The molecule has 0 atom stereocenters. The first-order chi connectivity index (χ1) is 14.3. The Bertz CT molecular complexity index is 1010. The Hall–Kier alpha value is -3.28. The van der Waals surface area contributed by atoms with Gasteiger partial charge in [0.1, 0.15) is 18.5 Å². The summed E-state index contributed by atoms with van der Waals surface area (Å²) in [6.45, 7) is 0. The van der Waals surface area contributed by atoms with Gasteiger partial charge in [0.2, 0.25) is 0 Å². The van der Waals surface area contributed by atoms with E-state index in [1.807, 2.05) is 36.7 Å². The maximum atomic E-state index is 5.15. The Labute approximate surface area is 169 Å². The molecule has 0 radical (unpaired) electrons. The van der Waals surface area contributed by atoms with E-state index in [1.54, 1.807) is 7.11 Å². The molecule has 6 heteroatoms. The van der Waals surface area contributed by atoms with Gasteiger partial charge in [-0.25, -0.2) is 0 Å². The number of oxime groups is 1. The standard InChI is InChI=1S/C23H23N5O/c1-29-28-21(16-7-6-8-16)22-17-11-12-23(15-18(17)26-27-22,19-9-2-4-13-24-19)20-10-3-5-14-25-20/h2-5,9-14,16H,6-8,15H2,1H3,(H,26,27). The lowest BCUT2D eigenvalue weighted by Crippen LogP contribution is -2.32. The first-order valence-electron chi connectivity index (χ1n) is 10.0. The van der Waals surface area contributed by atoms with Crippen molar-refractivity contribution in [3.8, 4) is 0 Å². The van der Waals surface area contributed by atoms with Crippen LogP contribution in [-0.4, -0.2) is 33.0 Å². The number of hydrogen-bond acceptors (Lipinski definition) is 5. The molecular weight excluding hydrogens is 362 g/mol. The predicted octanol–water partition coefficient (Wildman–Crippen LogP) is 3.91. The van der Waals surface area contributed by atoms with Gasteiger partial charge in [-0.15, -0.1) is 0 Å². The van der Waals surface area contributed by atoms with Gasteiger partial charge in [0, 0.05) is 36.0 Å². The number of fused-ring (bicyclic) bond motifs is 1. The van der Waals surface area contributed by atoms with E-state index in [9.17, 15) is 0 Å². The SMILES string of the molecule is CON=C(c1n[nH]c2c1C=CC(c1ccccn1)(c1ccccn1)C2)C1CCC1. The summed E-state index contributed by atoms with van der Waals surface area (Å²) in [6.07, 6.45) is 12.3. The lowest BCUT2D eigenvalue weighted by molar-refractivity contribution is 0.208. The molecule has 5 rings (SSSR count). The maximum Gasteiger partial charge on any atom is 0.117 e. The van der Waals surface area contributed by atoms with Crippen LogP contribution < -0.4 is 0 Å². The van der Waals surface area contributed by atoms with Gasteiger partial charge in [-0.05, 0) is 37.1 Å². The zero-order valence-corrected chi connectivity index (χ0v) is 16.4. The van der Waals surface area contributed by atoms with Gasteiger partial charge >= 0.3 is 0 Å². The molecule has 1 saturated carbocycles. The van der Waals surface area contributed by atoms with Crippen molar-refractivity contribution in [2.45, 2.75) is 31.1 Å². The summed E-state index contributed by atoms with van der Waals surface area (Å²) in [5, 5.41) is 12.2. The average molecular weight is 385 g/mol. The van der Waals surface area contributed by atoms with Crippen LogP contribution in [0.4, 0.5) is 0 Å². The highest BCUT2D eigenvalue weighted by Gasteiger charge is 2.40. The second-order valence-electron chi connectivity index (χ2n) is 7.66. The smallest absolute Gasteiger partial charge is 0.117 e.